The Balaban J connectivity index is 1.72. The number of anilines is 1. The molecule has 1 aromatic heterocycles. The van der Waals surface area contributed by atoms with Crippen molar-refractivity contribution in [2.45, 2.75) is 11.7 Å². The molecule has 0 spiro atoms. The number of benzene rings is 1. The van der Waals surface area contributed by atoms with Crippen molar-refractivity contribution in [2.75, 3.05) is 18.4 Å². The number of carbonyl (C=O) groups excluding carboxylic acids is 1. The van der Waals surface area contributed by atoms with E-state index >= 15 is 0 Å². The molecule has 0 aliphatic carbocycles. The highest BCUT2D eigenvalue weighted by Gasteiger charge is 2.35. The summed E-state index contributed by atoms with van der Waals surface area (Å²) in [5.41, 5.74) is 0.413. The van der Waals surface area contributed by atoms with Gasteiger partial charge in [0.1, 0.15) is 17.3 Å². The fraction of sp³-hybridized carbons (Fsp3) is 0.222. The van der Waals surface area contributed by atoms with Crippen molar-refractivity contribution in [1.29, 1.82) is 0 Å². The fourth-order valence-electron chi connectivity index (χ4n) is 2.57. The normalized spacial score (nSPS) is 17.8. The number of nitro groups is 1. The number of aromatic nitrogens is 1. The molecule has 0 radical (unpaired) electrons. The lowest BCUT2D eigenvalue weighted by molar-refractivity contribution is -0.385. The second-order valence-corrected chi connectivity index (χ2v) is 7.76. The molecule has 1 atom stereocenters. The van der Waals surface area contributed by atoms with Gasteiger partial charge in [0, 0.05) is 24.2 Å². The third kappa shape index (κ3) is 5.45. The Morgan fingerprint density at radius 2 is 2.10 bits per heavy atom. The number of nitrogens with one attached hydrogen (secondary N) is 1. The van der Waals surface area contributed by atoms with Gasteiger partial charge in [-0.1, -0.05) is 23.4 Å². The second-order valence-electron chi connectivity index (χ2n) is 6.15. The number of amidine groups is 1. The highest BCUT2D eigenvalue weighted by Crippen LogP contribution is 2.29. The molecule has 156 valence electrons. The van der Waals surface area contributed by atoms with E-state index in [9.17, 15) is 24.8 Å². The number of pyridine rings is 1. The third-order valence-electron chi connectivity index (χ3n) is 4.07. The average molecular weight is 450 g/mol. The van der Waals surface area contributed by atoms with Crippen LogP contribution in [0.1, 0.15) is 6.42 Å². The van der Waals surface area contributed by atoms with E-state index in [2.05, 4.69) is 15.3 Å². The number of aliphatic carboxylic acids is 1. The first kappa shape index (κ1) is 21.5. The van der Waals surface area contributed by atoms with Gasteiger partial charge in [0.05, 0.1) is 17.0 Å². The molecule has 1 fully saturated rings. The van der Waals surface area contributed by atoms with Crippen LogP contribution in [-0.4, -0.2) is 55.3 Å². The van der Waals surface area contributed by atoms with Gasteiger partial charge in [-0.25, -0.2) is 9.98 Å². The van der Waals surface area contributed by atoms with E-state index in [1.807, 2.05) is 0 Å². The molecule has 1 aliphatic rings. The maximum atomic E-state index is 12.6. The molecule has 1 amide bonds. The van der Waals surface area contributed by atoms with Gasteiger partial charge in [0.25, 0.3) is 5.69 Å². The summed E-state index contributed by atoms with van der Waals surface area (Å²) in [6.45, 7) is 0.498. The van der Waals surface area contributed by atoms with Crippen molar-refractivity contribution >= 4 is 57.6 Å². The Morgan fingerprint density at radius 1 is 1.37 bits per heavy atom. The number of thioether (sulfide) groups is 1. The van der Waals surface area contributed by atoms with Gasteiger partial charge in [0.2, 0.25) is 5.91 Å². The molecule has 30 heavy (non-hydrogen) atoms. The number of aliphatic imine (C=N–C) groups is 1. The highest BCUT2D eigenvalue weighted by molar-refractivity contribution is 8.15. The minimum atomic E-state index is -1.08. The number of rotatable bonds is 7. The van der Waals surface area contributed by atoms with Crippen molar-refractivity contribution < 1.29 is 19.6 Å². The third-order valence-corrected chi connectivity index (χ3v) is 5.49. The van der Waals surface area contributed by atoms with E-state index in [-0.39, 0.29) is 36.3 Å². The van der Waals surface area contributed by atoms with Crippen LogP contribution in [0.4, 0.5) is 17.2 Å². The summed E-state index contributed by atoms with van der Waals surface area (Å²) < 4.78 is 0. The molecule has 2 aromatic rings. The predicted molar refractivity (Wildman–Crippen MR) is 113 cm³/mol. The van der Waals surface area contributed by atoms with Gasteiger partial charge in [-0.3, -0.25) is 24.6 Å². The summed E-state index contributed by atoms with van der Waals surface area (Å²) in [6.07, 6.45) is 0.991. The summed E-state index contributed by atoms with van der Waals surface area (Å²) >= 11 is 6.88. The monoisotopic (exact) mass is 449 g/mol. The molecule has 12 heteroatoms. The van der Waals surface area contributed by atoms with Gasteiger partial charge < -0.3 is 10.4 Å². The number of carboxylic acids is 1. The fourth-order valence-corrected chi connectivity index (χ4v) is 3.76. The number of halogens is 1. The zero-order valence-electron chi connectivity index (χ0n) is 15.4. The van der Waals surface area contributed by atoms with Crippen LogP contribution in [0.5, 0.6) is 0 Å². The number of hydrogen-bond acceptors (Lipinski definition) is 8. The van der Waals surface area contributed by atoms with Crippen LogP contribution in [-0.2, 0) is 9.59 Å². The Morgan fingerprint density at radius 3 is 2.70 bits per heavy atom. The van der Waals surface area contributed by atoms with Gasteiger partial charge in [-0.05, 0) is 30.3 Å². The molecule has 3 rings (SSSR count). The van der Waals surface area contributed by atoms with E-state index in [1.54, 1.807) is 24.3 Å². The van der Waals surface area contributed by atoms with Crippen LogP contribution in [0, 0.1) is 10.1 Å². The lowest BCUT2D eigenvalue weighted by Crippen LogP contribution is -2.45. The second kappa shape index (κ2) is 9.55. The number of nitrogens with zero attached hydrogens (tertiary/aromatic N) is 4. The smallest absolute Gasteiger partial charge is 0.317 e. The van der Waals surface area contributed by atoms with Crippen molar-refractivity contribution in [3.05, 3.63) is 57.7 Å². The van der Waals surface area contributed by atoms with Crippen LogP contribution in [0.15, 0.2) is 47.6 Å². The average Bonchev–Trinajstić information content (AvgIpc) is 2.71. The summed E-state index contributed by atoms with van der Waals surface area (Å²) in [6, 6.07) is 9.42. The van der Waals surface area contributed by atoms with Gasteiger partial charge in [-0.15, -0.1) is 0 Å². The maximum absolute atomic E-state index is 12.6. The van der Waals surface area contributed by atoms with Crippen LogP contribution >= 0.6 is 23.4 Å². The molecular formula is C18H16ClN5O5S. The SMILES string of the molecule is O=C(O)[C@@H]1CC(=O)N(CCNc2ccc([N+](=O)[O-])cn2)C(=Nc2ccc(Cl)cc2)S1. The zero-order chi connectivity index (χ0) is 21.7. The lowest BCUT2D eigenvalue weighted by Gasteiger charge is -2.30. The highest BCUT2D eigenvalue weighted by atomic mass is 35.5. The first-order chi connectivity index (χ1) is 14.3. The van der Waals surface area contributed by atoms with Crippen molar-refractivity contribution in [3.63, 3.8) is 0 Å². The molecular weight excluding hydrogens is 434 g/mol. The Bertz CT molecular complexity index is 983. The van der Waals surface area contributed by atoms with Crippen molar-refractivity contribution in [2.24, 2.45) is 4.99 Å². The Hall–Kier alpha value is -3.18. The van der Waals surface area contributed by atoms with Gasteiger partial charge in [0.15, 0.2) is 5.17 Å². The quantitative estimate of drug-likeness (QED) is 0.485. The zero-order valence-corrected chi connectivity index (χ0v) is 17.0. The molecule has 1 aliphatic heterocycles. The number of carboxylic acid groups (broad SMARTS) is 1. The first-order valence-corrected chi connectivity index (χ1v) is 9.97. The summed E-state index contributed by atoms with van der Waals surface area (Å²) in [5, 5.41) is 22.9. The topological polar surface area (TPSA) is 138 Å². The Kier molecular flexibility index (Phi) is 6.85. The van der Waals surface area contributed by atoms with Crippen molar-refractivity contribution in [1.82, 2.24) is 9.88 Å². The molecule has 0 unspecified atom stereocenters. The molecule has 10 nitrogen and oxygen atoms in total. The predicted octanol–water partition coefficient (Wildman–Crippen LogP) is 3.16. The number of carbonyl (C=O) groups is 2. The number of hydrogen-bond donors (Lipinski definition) is 2. The van der Waals surface area contributed by atoms with E-state index in [4.69, 9.17) is 11.6 Å². The van der Waals surface area contributed by atoms with E-state index < -0.39 is 16.1 Å². The number of amides is 1. The molecule has 2 heterocycles. The summed E-state index contributed by atoms with van der Waals surface area (Å²) in [5.74, 6) is -1.02. The maximum Gasteiger partial charge on any atom is 0.317 e. The summed E-state index contributed by atoms with van der Waals surface area (Å²) in [7, 11) is 0. The molecule has 0 saturated carbocycles. The molecule has 0 bridgehead atoms. The first-order valence-electron chi connectivity index (χ1n) is 8.72. The van der Waals surface area contributed by atoms with Crippen LogP contribution in [0.2, 0.25) is 5.02 Å². The summed E-state index contributed by atoms with van der Waals surface area (Å²) in [4.78, 5) is 43.9. The van der Waals surface area contributed by atoms with E-state index in [0.717, 1.165) is 18.0 Å². The molecule has 2 N–H and O–H groups in total. The lowest BCUT2D eigenvalue weighted by atomic mass is 10.2. The van der Waals surface area contributed by atoms with Gasteiger partial charge >= 0.3 is 5.97 Å². The minimum Gasteiger partial charge on any atom is -0.480 e. The van der Waals surface area contributed by atoms with E-state index in [1.165, 1.54) is 17.0 Å². The van der Waals surface area contributed by atoms with Crippen LogP contribution in [0.25, 0.3) is 0 Å². The Labute approximate surface area is 180 Å². The van der Waals surface area contributed by atoms with E-state index in [0.29, 0.717) is 16.5 Å². The molecule has 1 aromatic carbocycles. The minimum absolute atomic E-state index is 0.125. The van der Waals surface area contributed by atoms with Gasteiger partial charge in [-0.2, -0.15) is 0 Å². The van der Waals surface area contributed by atoms with Crippen LogP contribution in [0.3, 0.4) is 0 Å². The van der Waals surface area contributed by atoms with Crippen molar-refractivity contribution in [3.8, 4) is 0 Å². The molecule has 1 saturated heterocycles. The standard InChI is InChI=1S/C18H16ClN5O5S/c19-11-1-3-12(4-2-11)22-18-23(16(25)9-14(30-18)17(26)27)8-7-20-15-6-5-13(10-21-15)24(28)29/h1-6,10,14H,7-9H2,(H,20,21)(H,26,27)/t14-/m0/s1. The largest absolute Gasteiger partial charge is 0.480 e. The van der Waals surface area contributed by atoms with Crippen LogP contribution < -0.4 is 5.32 Å².